The summed E-state index contributed by atoms with van der Waals surface area (Å²) in [4.78, 5) is 0. The molecule has 1 aliphatic heterocycles. The molecule has 0 aliphatic carbocycles. The number of aromatic nitrogens is 2. The van der Waals surface area contributed by atoms with Crippen LogP contribution in [0.4, 0.5) is 5.82 Å². The first kappa shape index (κ1) is 14.4. The Morgan fingerprint density at radius 3 is 2.60 bits per heavy atom. The molecule has 15 heavy (non-hydrogen) atoms. The summed E-state index contributed by atoms with van der Waals surface area (Å²) in [5.41, 5.74) is 0. The molecular formula is C9H16Cl2N4. The molecule has 6 heteroatoms. The highest BCUT2D eigenvalue weighted by atomic mass is 35.5. The summed E-state index contributed by atoms with van der Waals surface area (Å²) < 4.78 is 0. The lowest BCUT2D eigenvalue weighted by Gasteiger charge is -2.23. The van der Waals surface area contributed by atoms with Crippen LogP contribution in [0.25, 0.3) is 0 Å². The second-order valence-electron chi connectivity index (χ2n) is 3.28. The molecule has 4 nitrogen and oxygen atoms in total. The van der Waals surface area contributed by atoms with Crippen LogP contribution >= 0.6 is 24.8 Å². The predicted molar refractivity (Wildman–Crippen MR) is 66.0 cm³/mol. The fourth-order valence-corrected chi connectivity index (χ4v) is 1.55. The smallest absolute Gasteiger partial charge is 0.148 e. The molecule has 1 fully saturated rings. The Kier molecular flexibility index (Phi) is 7.38. The summed E-state index contributed by atoms with van der Waals surface area (Å²) >= 11 is 0. The van der Waals surface area contributed by atoms with Gasteiger partial charge in [0.15, 0.2) is 0 Å². The molecular weight excluding hydrogens is 235 g/mol. The third-order valence-electron chi connectivity index (χ3n) is 2.26. The van der Waals surface area contributed by atoms with Crippen LogP contribution in [0.3, 0.4) is 0 Å². The zero-order valence-corrected chi connectivity index (χ0v) is 9.98. The molecule has 1 aromatic heterocycles. The summed E-state index contributed by atoms with van der Waals surface area (Å²) in [7, 11) is 0. The molecule has 0 amide bonds. The lowest BCUT2D eigenvalue weighted by Crippen LogP contribution is -2.35. The molecule has 2 rings (SSSR count). The Morgan fingerprint density at radius 1 is 1.27 bits per heavy atom. The molecule has 2 heterocycles. The van der Waals surface area contributed by atoms with Crippen LogP contribution < -0.4 is 10.6 Å². The third-order valence-corrected chi connectivity index (χ3v) is 2.26. The minimum Gasteiger partial charge on any atom is -0.366 e. The van der Waals surface area contributed by atoms with Gasteiger partial charge in [-0.05, 0) is 38.1 Å². The maximum absolute atomic E-state index is 3.99. The van der Waals surface area contributed by atoms with E-state index in [4.69, 9.17) is 0 Å². The Hall–Kier alpha value is -0.580. The second-order valence-corrected chi connectivity index (χ2v) is 3.28. The zero-order valence-electron chi connectivity index (χ0n) is 8.35. The van der Waals surface area contributed by atoms with Gasteiger partial charge in [0, 0.05) is 12.2 Å². The van der Waals surface area contributed by atoms with E-state index in [2.05, 4.69) is 20.8 Å². The van der Waals surface area contributed by atoms with Crippen molar-refractivity contribution in [3.63, 3.8) is 0 Å². The van der Waals surface area contributed by atoms with Gasteiger partial charge in [0.25, 0.3) is 0 Å². The molecule has 0 bridgehead atoms. The minimum atomic E-state index is 0. The van der Waals surface area contributed by atoms with Gasteiger partial charge < -0.3 is 10.6 Å². The Balaban J connectivity index is 0.000000980. The number of hydrogen-bond acceptors (Lipinski definition) is 4. The van der Waals surface area contributed by atoms with Crippen molar-refractivity contribution < 1.29 is 0 Å². The Morgan fingerprint density at radius 2 is 2.00 bits per heavy atom. The Bertz CT molecular complexity index is 252. The average Bonchev–Trinajstić information content (AvgIpc) is 2.21. The highest BCUT2D eigenvalue weighted by Gasteiger charge is 2.12. The number of halogens is 2. The van der Waals surface area contributed by atoms with Gasteiger partial charge in [0.2, 0.25) is 0 Å². The molecule has 1 aliphatic rings. The first-order valence-corrected chi connectivity index (χ1v) is 4.70. The third kappa shape index (κ3) is 4.64. The van der Waals surface area contributed by atoms with Crippen LogP contribution in [0.15, 0.2) is 18.3 Å². The SMILES string of the molecule is Cl.Cl.c1cnnc(NC2CCNCC2)c1. The van der Waals surface area contributed by atoms with Crippen molar-refractivity contribution in [2.75, 3.05) is 18.4 Å². The molecule has 0 saturated carbocycles. The number of hydrogen-bond donors (Lipinski definition) is 2. The molecule has 2 N–H and O–H groups in total. The van der Waals surface area contributed by atoms with E-state index in [0.717, 1.165) is 31.7 Å². The van der Waals surface area contributed by atoms with Gasteiger partial charge in [0.05, 0.1) is 0 Å². The number of nitrogens with one attached hydrogen (secondary N) is 2. The highest BCUT2D eigenvalue weighted by Crippen LogP contribution is 2.08. The lowest BCUT2D eigenvalue weighted by molar-refractivity contribution is 0.478. The highest BCUT2D eigenvalue weighted by molar-refractivity contribution is 5.85. The quantitative estimate of drug-likeness (QED) is 0.836. The number of piperidine rings is 1. The molecule has 0 spiro atoms. The van der Waals surface area contributed by atoms with Gasteiger partial charge in [0.1, 0.15) is 5.82 Å². The topological polar surface area (TPSA) is 49.8 Å². The summed E-state index contributed by atoms with van der Waals surface area (Å²) in [6.45, 7) is 2.19. The van der Waals surface area contributed by atoms with E-state index in [1.807, 2.05) is 12.1 Å². The molecule has 0 radical (unpaired) electrons. The van der Waals surface area contributed by atoms with E-state index < -0.39 is 0 Å². The van der Waals surface area contributed by atoms with E-state index in [0.29, 0.717) is 6.04 Å². The van der Waals surface area contributed by atoms with Crippen LogP contribution in [0.5, 0.6) is 0 Å². The van der Waals surface area contributed by atoms with Gasteiger partial charge in [-0.25, -0.2) is 0 Å². The van der Waals surface area contributed by atoms with E-state index in [1.54, 1.807) is 6.20 Å². The van der Waals surface area contributed by atoms with Gasteiger partial charge in [-0.15, -0.1) is 29.9 Å². The first-order chi connectivity index (χ1) is 6.45. The van der Waals surface area contributed by atoms with Gasteiger partial charge in [-0.3, -0.25) is 0 Å². The molecule has 1 aromatic rings. The standard InChI is InChI=1S/C9H14N4.2ClH/c1-2-9(13-11-5-1)12-8-3-6-10-7-4-8;;/h1-2,5,8,10H,3-4,6-7H2,(H,12,13);2*1H. The molecule has 0 atom stereocenters. The van der Waals surface area contributed by atoms with Crippen molar-refractivity contribution in [3.05, 3.63) is 18.3 Å². The van der Waals surface area contributed by atoms with Crippen LogP contribution in [-0.2, 0) is 0 Å². The summed E-state index contributed by atoms with van der Waals surface area (Å²) in [5, 5.41) is 14.5. The second kappa shape index (κ2) is 7.68. The van der Waals surface area contributed by atoms with E-state index >= 15 is 0 Å². The largest absolute Gasteiger partial charge is 0.366 e. The van der Waals surface area contributed by atoms with Crippen molar-refractivity contribution in [3.8, 4) is 0 Å². The van der Waals surface area contributed by atoms with E-state index in [-0.39, 0.29) is 24.8 Å². The fourth-order valence-electron chi connectivity index (χ4n) is 1.55. The zero-order chi connectivity index (χ0) is 8.93. The molecule has 1 saturated heterocycles. The normalized spacial score (nSPS) is 16.0. The van der Waals surface area contributed by atoms with Gasteiger partial charge >= 0.3 is 0 Å². The average molecular weight is 251 g/mol. The maximum atomic E-state index is 3.99. The molecule has 0 unspecified atom stereocenters. The maximum Gasteiger partial charge on any atom is 0.148 e. The minimum absolute atomic E-state index is 0. The van der Waals surface area contributed by atoms with Crippen molar-refractivity contribution in [2.45, 2.75) is 18.9 Å². The van der Waals surface area contributed by atoms with Crippen molar-refractivity contribution >= 4 is 30.6 Å². The summed E-state index contributed by atoms with van der Waals surface area (Å²) in [6, 6.07) is 4.41. The number of anilines is 1. The lowest BCUT2D eigenvalue weighted by atomic mass is 10.1. The van der Waals surface area contributed by atoms with Crippen LogP contribution in [0.2, 0.25) is 0 Å². The number of rotatable bonds is 2. The van der Waals surface area contributed by atoms with Crippen LogP contribution in [0, 0.1) is 0 Å². The van der Waals surface area contributed by atoms with Crippen molar-refractivity contribution in [2.24, 2.45) is 0 Å². The van der Waals surface area contributed by atoms with Gasteiger partial charge in [-0.2, -0.15) is 5.10 Å². The molecule has 0 aromatic carbocycles. The first-order valence-electron chi connectivity index (χ1n) is 4.70. The predicted octanol–water partition coefficient (Wildman–Crippen LogP) is 1.48. The van der Waals surface area contributed by atoms with Gasteiger partial charge in [-0.1, -0.05) is 0 Å². The number of nitrogens with zero attached hydrogens (tertiary/aromatic N) is 2. The van der Waals surface area contributed by atoms with Crippen molar-refractivity contribution in [1.29, 1.82) is 0 Å². The molecule has 86 valence electrons. The van der Waals surface area contributed by atoms with E-state index in [1.165, 1.54) is 0 Å². The summed E-state index contributed by atoms with van der Waals surface area (Å²) in [6.07, 6.45) is 4.01. The van der Waals surface area contributed by atoms with Crippen LogP contribution in [0.1, 0.15) is 12.8 Å². The Labute approximate surface area is 102 Å². The van der Waals surface area contributed by atoms with E-state index in [9.17, 15) is 0 Å². The summed E-state index contributed by atoms with van der Waals surface area (Å²) in [5.74, 6) is 0.884. The van der Waals surface area contributed by atoms with Crippen molar-refractivity contribution in [1.82, 2.24) is 15.5 Å². The monoisotopic (exact) mass is 250 g/mol. The van der Waals surface area contributed by atoms with Crippen LogP contribution in [-0.4, -0.2) is 29.3 Å². The fraction of sp³-hybridized carbons (Fsp3) is 0.556.